The SMILES string of the molecule is CCC[C@@H]1CCCN1C(=O)Nc1ccc(-n2nnnc2C)cc1. The lowest BCUT2D eigenvalue weighted by molar-refractivity contribution is 0.203. The molecule has 1 fully saturated rings. The summed E-state index contributed by atoms with van der Waals surface area (Å²) in [5, 5.41) is 14.4. The Morgan fingerprint density at radius 1 is 1.35 bits per heavy atom. The van der Waals surface area contributed by atoms with Crippen LogP contribution in [0.5, 0.6) is 0 Å². The highest BCUT2D eigenvalue weighted by Crippen LogP contribution is 2.22. The number of rotatable bonds is 4. The molecule has 1 aromatic heterocycles. The molecule has 0 bridgehead atoms. The third-order valence-corrected chi connectivity index (χ3v) is 4.25. The van der Waals surface area contributed by atoms with Crippen molar-refractivity contribution in [3.63, 3.8) is 0 Å². The molecule has 0 spiro atoms. The molecule has 2 amide bonds. The highest BCUT2D eigenvalue weighted by atomic mass is 16.2. The second-order valence-corrected chi connectivity index (χ2v) is 5.89. The molecule has 2 heterocycles. The van der Waals surface area contributed by atoms with Crippen molar-refractivity contribution >= 4 is 11.7 Å². The monoisotopic (exact) mass is 314 g/mol. The molecule has 1 aliphatic rings. The van der Waals surface area contributed by atoms with Crippen molar-refractivity contribution < 1.29 is 4.79 Å². The van der Waals surface area contributed by atoms with Gasteiger partial charge in [-0.15, -0.1) is 5.10 Å². The van der Waals surface area contributed by atoms with Crippen LogP contribution in [-0.4, -0.2) is 43.7 Å². The lowest BCUT2D eigenvalue weighted by Crippen LogP contribution is -2.38. The summed E-state index contributed by atoms with van der Waals surface area (Å²) in [6, 6.07) is 7.91. The van der Waals surface area contributed by atoms with Crippen LogP contribution in [0.25, 0.3) is 5.69 Å². The van der Waals surface area contributed by atoms with Crippen molar-refractivity contribution in [2.24, 2.45) is 0 Å². The predicted molar refractivity (Wildman–Crippen MR) is 87.5 cm³/mol. The fourth-order valence-corrected chi connectivity index (χ4v) is 3.09. The summed E-state index contributed by atoms with van der Waals surface area (Å²) in [6.07, 6.45) is 4.38. The minimum atomic E-state index is -0.00713. The molecule has 0 aliphatic carbocycles. The third kappa shape index (κ3) is 3.33. The summed E-state index contributed by atoms with van der Waals surface area (Å²) in [5.74, 6) is 0.723. The van der Waals surface area contributed by atoms with E-state index in [1.54, 1.807) is 4.68 Å². The van der Waals surface area contributed by atoms with Gasteiger partial charge in [0.25, 0.3) is 0 Å². The second kappa shape index (κ2) is 6.76. The number of hydrogen-bond acceptors (Lipinski definition) is 4. The van der Waals surface area contributed by atoms with Crippen molar-refractivity contribution in [3.05, 3.63) is 30.1 Å². The zero-order chi connectivity index (χ0) is 16.2. The van der Waals surface area contributed by atoms with Gasteiger partial charge >= 0.3 is 6.03 Å². The Hall–Kier alpha value is -2.44. The van der Waals surface area contributed by atoms with Crippen LogP contribution >= 0.6 is 0 Å². The molecule has 2 aromatic rings. The molecule has 1 N–H and O–H groups in total. The molecule has 1 aliphatic heterocycles. The molecule has 1 atom stereocenters. The number of aryl methyl sites for hydroxylation is 1. The minimum Gasteiger partial charge on any atom is -0.322 e. The fourth-order valence-electron chi connectivity index (χ4n) is 3.09. The number of anilines is 1. The van der Waals surface area contributed by atoms with Crippen molar-refractivity contribution in [2.45, 2.75) is 45.6 Å². The van der Waals surface area contributed by atoms with Crippen molar-refractivity contribution in [1.29, 1.82) is 0 Å². The Balaban J connectivity index is 1.66. The van der Waals surface area contributed by atoms with Crippen LogP contribution in [0.2, 0.25) is 0 Å². The van der Waals surface area contributed by atoms with Crippen LogP contribution in [0.1, 0.15) is 38.4 Å². The van der Waals surface area contributed by atoms with E-state index in [-0.39, 0.29) is 6.03 Å². The lowest BCUT2D eigenvalue weighted by atomic mass is 10.1. The van der Waals surface area contributed by atoms with E-state index in [0.717, 1.165) is 49.4 Å². The molecule has 0 unspecified atom stereocenters. The van der Waals surface area contributed by atoms with Gasteiger partial charge in [0.15, 0.2) is 5.82 Å². The number of likely N-dealkylation sites (tertiary alicyclic amines) is 1. The van der Waals surface area contributed by atoms with E-state index >= 15 is 0 Å². The Bertz CT molecular complexity index is 665. The summed E-state index contributed by atoms with van der Waals surface area (Å²) in [5.41, 5.74) is 1.65. The first-order valence-electron chi connectivity index (χ1n) is 8.12. The summed E-state index contributed by atoms with van der Waals surface area (Å²) in [4.78, 5) is 14.4. The van der Waals surface area contributed by atoms with Crippen LogP contribution in [0, 0.1) is 6.92 Å². The normalized spacial score (nSPS) is 17.5. The van der Waals surface area contributed by atoms with Crippen LogP contribution in [0.15, 0.2) is 24.3 Å². The third-order valence-electron chi connectivity index (χ3n) is 4.25. The number of benzene rings is 1. The van der Waals surface area contributed by atoms with E-state index in [9.17, 15) is 4.79 Å². The lowest BCUT2D eigenvalue weighted by Gasteiger charge is -2.24. The van der Waals surface area contributed by atoms with E-state index in [1.165, 1.54) is 0 Å². The summed E-state index contributed by atoms with van der Waals surface area (Å²) in [7, 11) is 0. The number of hydrogen-bond donors (Lipinski definition) is 1. The van der Waals surface area contributed by atoms with Crippen LogP contribution in [-0.2, 0) is 0 Å². The minimum absolute atomic E-state index is 0.00713. The molecular formula is C16H22N6O. The molecular weight excluding hydrogens is 292 g/mol. The van der Waals surface area contributed by atoms with Crippen molar-refractivity contribution in [2.75, 3.05) is 11.9 Å². The number of carbonyl (C=O) groups excluding carboxylic acids is 1. The zero-order valence-corrected chi connectivity index (χ0v) is 13.6. The average Bonchev–Trinajstić information content (AvgIpc) is 3.17. The molecule has 122 valence electrons. The molecule has 23 heavy (non-hydrogen) atoms. The molecule has 0 saturated carbocycles. The van der Waals surface area contributed by atoms with Gasteiger partial charge in [-0.3, -0.25) is 0 Å². The highest BCUT2D eigenvalue weighted by molar-refractivity contribution is 5.89. The largest absolute Gasteiger partial charge is 0.322 e. The Kier molecular flexibility index (Phi) is 4.55. The molecule has 7 heteroatoms. The Labute approximate surface area is 135 Å². The van der Waals surface area contributed by atoms with Crippen LogP contribution in [0.3, 0.4) is 0 Å². The Morgan fingerprint density at radius 2 is 2.13 bits per heavy atom. The van der Waals surface area contributed by atoms with Gasteiger partial charge in [0, 0.05) is 18.3 Å². The quantitative estimate of drug-likeness (QED) is 0.941. The van der Waals surface area contributed by atoms with Gasteiger partial charge in [0.2, 0.25) is 0 Å². The smallest absolute Gasteiger partial charge is 0.322 e. The first-order valence-corrected chi connectivity index (χ1v) is 8.12. The first-order chi connectivity index (χ1) is 11.2. The maximum atomic E-state index is 12.4. The van der Waals surface area contributed by atoms with Gasteiger partial charge in [-0.05, 0) is 60.9 Å². The van der Waals surface area contributed by atoms with Crippen LogP contribution < -0.4 is 5.32 Å². The van der Waals surface area contributed by atoms with E-state index in [4.69, 9.17) is 0 Å². The van der Waals surface area contributed by atoms with Gasteiger partial charge < -0.3 is 10.2 Å². The molecule has 3 rings (SSSR count). The summed E-state index contributed by atoms with van der Waals surface area (Å²) >= 11 is 0. The van der Waals surface area contributed by atoms with Crippen molar-refractivity contribution in [1.82, 2.24) is 25.1 Å². The van der Waals surface area contributed by atoms with Crippen molar-refractivity contribution in [3.8, 4) is 5.69 Å². The average molecular weight is 314 g/mol. The van der Waals surface area contributed by atoms with Gasteiger partial charge in [0.1, 0.15) is 0 Å². The standard InChI is InChI=1S/C16H22N6O/c1-3-5-14-6-4-11-21(14)16(23)17-13-7-9-15(10-8-13)22-12(2)18-19-20-22/h7-10,14H,3-6,11H2,1-2H3,(H,17,23)/t14-/m1/s1. The molecule has 1 saturated heterocycles. The number of amides is 2. The van der Waals surface area contributed by atoms with E-state index in [1.807, 2.05) is 36.1 Å². The maximum Gasteiger partial charge on any atom is 0.322 e. The zero-order valence-electron chi connectivity index (χ0n) is 13.6. The molecule has 7 nitrogen and oxygen atoms in total. The van der Waals surface area contributed by atoms with Gasteiger partial charge in [-0.25, -0.2) is 4.79 Å². The van der Waals surface area contributed by atoms with Gasteiger partial charge in [0.05, 0.1) is 5.69 Å². The van der Waals surface area contributed by atoms with Crippen LogP contribution in [0.4, 0.5) is 10.5 Å². The van der Waals surface area contributed by atoms with Gasteiger partial charge in [-0.1, -0.05) is 13.3 Å². The topological polar surface area (TPSA) is 75.9 Å². The highest BCUT2D eigenvalue weighted by Gasteiger charge is 2.27. The number of carbonyl (C=O) groups is 1. The number of tetrazole rings is 1. The Morgan fingerprint density at radius 3 is 2.78 bits per heavy atom. The van der Waals surface area contributed by atoms with E-state index in [2.05, 4.69) is 27.8 Å². The maximum absolute atomic E-state index is 12.4. The summed E-state index contributed by atoms with van der Waals surface area (Å²) in [6.45, 7) is 4.85. The predicted octanol–water partition coefficient (Wildman–Crippen LogP) is 2.77. The second-order valence-electron chi connectivity index (χ2n) is 5.89. The number of nitrogens with zero attached hydrogens (tertiary/aromatic N) is 5. The van der Waals surface area contributed by atoms with Gasteiger partial charge in [-0.2, -0.15) is 4.68 Å². The number of nitrogens with one attached hydrogen (secondary N) is 1. The number of aromatic nitrogens is 4. The molecule has 1 aromatic carbocycles. The van der Waals surface area contributed by atoms with E-state index in [0.29, 0.717) is 6.04 Å². The fraction of sp³-hybridized carbons (Fsp3) is 0.500. The van der Waals surface area contributed by atoms with E-state index < -0.39 is 0 Å². The molecule has 0 radical (unpaired) electrons. The number of urea groups is 1. The first kappa shape index (κ1) is 15.5. The summed E-state index contributed by atoms with van der Waals surface area (Å²) < 4.78 is 1.66.